The Bertz CT molecular complexity index is 1260. The molecule has 2 aliphatic heterocycles. The van der Waals surface area contributed by atoms with Crippen LogP contribution in [0, 0.1) is 17.7 Å². The number of piperidine rings is 2. The third kappa shape index (κ3) is 6.53. The van der Waals surface area contributed by atoms with Gasteiger partial charge in [-0.1, -0.05) is 11.6 Å². The minimum Gasteiger partial charge on any atom is -0.497 e. The Morgan fingerprint density at radius 2 is 1.68 bits per heavy atom. The van der Waals surface area contributed by atoms with E-state index >= 15 is 0 Å². The van der Waals surface area contributed by atoms with Crippen LogP contribution in [-0.2, 0) is 10.4 Å². The maximum atomic E-state index is 14.1. The van der Waals surface area contributed by atoms with E-state index in [9.17, 15) is 32.3 Å². The van der Waals surface area contributed by atoms with Gasteiger partial charge in [-0.15, -0.1) is 0 Å². The zero-order valence-electron chi connectivity index (χ0n) is 22.8. The highest BCUT2D eigenvalue weighted by molar-refractivity contribution is 6.32. The summed E-state index contributed by atoms with van der Waals surface area (Å²) in [6.07, 6.45) is -1.69. The molecule has 1 unspecified atom stereocenters. The Balaban J connectivity index is 1.33. The van der Waals surface area contributed by atoms with Crippen LogP contribution >= 0.6 is 11.6 Å². The van der Waals surface area contributed by atoms with Gasteiger partial charge in [0.05, 0.1) is 12.7 Å². The number of benzene rings is 1. The van der Waals surface area contributed by atoms with Crippen LogP contribution < -0.4 is 15.0 Å². The molecule has 2 saturated heterocycles. The van der Waals surface area contributed by atoms with Gasteiger partial charge >= 0.3 is 6.18 Å². The lowest BCUT2D eigenvalue weighted by atomic mass is 9.82. The van der Waals surface area contributed by atoms with Crippen molar-refractivity contribution in [3.05, 3.63) is 52.4 Å². The molecule has 2 N–H and O–H groups in total. The van der Waals surface area contributed by atoms with E-state index in [4.69, 9.17) is 16.3 Å². The number of nitrogens with one attached hydrogen (secondary N) is 1. The monoisotopic (exact) mass is 600 g/mol. The van der Waals surface area contributed by atoms with Crippen LogP contribution in [0.2, 0.25) is 5.15 Å². The summed E-state index contributed by atoms with van der Waals surface area (Å²) < 4.78 is 61.1. The number of rotatable bonds is 7. The number of carbonyl (C=O) groups excluding carboxylic acids is 2. The number of aliphatic hydroxyl groups is 1. The molecule has 0 radical (unpaired) electrons. The van der Waals surface area contributed by atoms with Crippen molar-refractivity contribution in [1.29, 1.82) is 0 Å². The summed E-state index contributed by atoms with van der Waals surface area (Å²) in [5, 5.41) is 13.4. The van der Waals surface area contributed by atoms with Crippen molar-refractivity contribution < 1.29 is 37.0 Å². The average molecular weight is 601 g/mol. The summed E-state index contributed by atoms with van der Waals surface area (Å²) in [5.41, 5.74) is -4.50. The number of nitrogens with zero attached hydrogens (tertiary/aromatic N) is 3. The first-order valence-electron chi connectivity index (χ1n) is 13.4. The largest absolute Gasteiger partial charge is 0.497 e. The van der Waals surface area contributed by atoms with Crippen LogP contribution in [0.4, 0.5) is 23.4 Å². The van der Waals surface area contributed by atoms with Crippen LogP contribution in [-0.4, -0.2) is 73.3 Å². The highest BCUT2D eigenvalue weighted by Crippen LogP contribution is 2.43. The second kappa shape index (κ2) is 12.4. The number of hydrogen-bond acceptors (Lipinski definition) is 6. The number of methoxy groups -OCH3 is 1. The van der Waals surface area contributed by atoms with Crippen molar-refractivity contribution in [3.8, 4) is 5.75 Å². The Morgan fingerprint density at radius 1 is 1.07 bits per heavy atom. The summed E-state index contributed by atoms with van der Waals surface area (Å²) in [7, 11) is 2.67. The third-order valence-corrected chi connectivity index (χ3v) is 8.35. The quantitative estimate of drug-likeness (QED) is 0.358. The second-order valence-electron chi connectivity index (χ2n) is 10.6. The molecule has 0 aliphatic carbocycles. The van der Waals surface area contributed by atoms with E-state index in [-0.39, 0.29) is 35.8 Å². The summed E-state index contributed by atoms with van der Waals surface area (Å²) in [6, 6.07) is 5.62. The predicted molar refractivity (Wildman–Crippen MR) is 144 cm³/mol. The molecule has 1 aromatic heterocycles. The molecule has 41 heavy (non-hydrogen) atoms. The first kappa shape index (κ1) is 30.8. The van der Waals surface area contributed by atoms with Gasteiger partial charge in [0, 0.05) is 44.9 Å². The van der Waals surface area contributed by atoms with Crippen molar-refractivity contribution >= 4 is 29.2 Å². The summed E-state index contributed by atoms with van der Waals surface area (Å²) in [4.78, 5) is 32.4. The molecule has 13 heteroatoms. The lowest BCUT2D eigenvalue weighted by Crippen LogP contribution is -2.57. The minimum atomic E-state index is -5.37. The van der Waals surface area contributed by atoms with Crippen LogP contribution in [0.3, 0.4) is 0 Å². The average Bonchev–Trinajstić information content (AvgIpc) is 2.95. The molecule has 1 aromatic carbocycles. The van der Waals surface area contributed by atoms with E-state index in [2.05, 4.69) is 15.2 Å². The molecule has 1 atom stereocenters. The zero-order valence-corrected chi connectivity index (χ0v) is 23.6. The molecule has 0 bridgehead atoms. The molecule has 224 valence electrons. The van der Waals surface area contributed by atoms with Gasteiger partial charge in [0.15, 0.2) is 0 Å². The van der Waals surface area contributed by atoms with E-state index in [0.29, 0.717) is 36.2 Å². The number of anilines is 1. The van der Waals surface area contributed by atoms with Gasteiger partial charge in [-0.25, -0.2) is 9.37 Å². The van der Waals surface area contributed by atoms with E-state index in [1.165, 1.54) is 7.05 Å². The normalized spacial score (nSPS) is 18.6. The topological polar surface area (TPSA) is 95.0 Å². The van der Waals surface area contributed by atoms with Crippen LogP contribution in [0.15, 0.2) is 30.3 Å². The number of hydrogen-bond donors (Lipinski definition) is 2. The number of halogens is 5. The summed E-state index contributed by atoms with van der Waals surface area (Å²) in [5.74, 6) is -1.79. The zero-order chi connectivity index (χ0) is 29.9. The SMILES string of the molecule is CNC(=O)c1ccc(N2CCC(CC3CCN(C(=O)C(O)(c4cc(F)cc(OC)c4)C(F)(F)F)CC3)CC2)nc1Cl. The van der Waals surface area contributed by atoms with Gasteiger partial charge in [0.2, 0.25) is 0 Å². The maximum Gasteiger partial charge on any atom is 0.430 e. The Morgan fingerprint density at radius 3 is 2.22 bits per heavy atom. The van der Waals surface area contributed by atoms with Gasteiger partial charge in [-0.3, -0.25) is 9.59 Å². The molecule has 8 nitrogen and oxygen atoms in total. The van der Waals surface area contributed by atoms with Gasteiger partial charge in [-0.2, -0.15) is 13.2 Å². The van der Waals surface area contributed by atoms with Crippen LogP contribution in [0.25, 0.3) is 0 Å². The van der Waals surface area contributed by atoms with Crippen molar-refractivity contribution in [2.24, 2.45) is 11.8 Å². The van der Waals surface area contributed by atoms with E-state index in [1.807, 2.05) is 0 Å². The Hall–Kier alpha value is -3.12. The van der Waals surface area contributed by atoms with Crippen molar-refractivity contribution in [2.75, 3.05) is 45.2 Å². The van der Waals surface area contributed by atoms with E-state index in [1.54, 1.807) is 12.1 Å². The Labute approximate surface area is 240 Å². The molecule has 4 rings (SSSR count). The molecule has 2 aliphatic rings. The predicted octanol–water partition coefficient (Wildman–Crippen LogP) is 4.54. The van der Waals surface area contributed by atoms with Gasteiger partial charge < -0.3 is 25.0 Å². The molecule has 2 fully saturated rings. The lowest BCUT2D eigenvalue weighted by molar-refractivity contribution is -0.262. The molecule has 0 saturated carbocycles. The van der Waals surface area contributed by atoms with Crippen molar-refractivity contribution in [2.45, 2.75) is 43.9 Å². The van der Waals surface area contributed by atoms with E-state index in [0.717, 1.165) is 56.5 Å². The standard InChI is InChI=1S/C28H33ClF4N4O4/c1-34-25(38)22-3-4-23(35-24(22)29)36-9-5-17(6-10-36)13-18-7-11-37(12-8-18)26(39)27(40,28(31,32)33)19-14-20(30)16-21(15-19)41-2/h3-4,14-18,40H,5-13H2,1-2H3,(H,34,38). The first-order valence-corrected chi connectivity index (χ1v) is 13.8. The van der Waals surface area contributed by atoms with E-state index < -0.39 is 29.1 Å². The number of carbonyl (C=O) groups is 2. The van der Waals surface area contributed by atoms with Gasteiger partial charge in [0.1, 0.15) is 22.5 Å². The fraction of sp³-hybridized carbons (Fsp3) is 0.536. The summed E-state index contributed by atoms with van der Waals surface area (Å²) in [6.45, 7) is 1.63. The maximum absolute atomic E-state index is 14.1. The fourth-order valence-corrected chi connectivity index (χ4v) is 5.91. The number of alkyl halides is 3. The number of likely N-dealkylation sites (tertiary alicyclic amines) is 1. The number of amides is 2. The van der Waals surface area contributed by atoms with Crippen LogP contribution in [0.1, 0.15) is 48.0 Å². The first-order chi connectivity index (χ1) is 19.4. The smallest absolute Gasteiger partial charge is 0.430 e. The van der Waals surface area contributed by atoms with Crippen molar-refractivity contribution in [3.63, 3.8) is 0 Å². The summed E-state index contributed by atoms with van der Waals surface area (Å²) >= 11 is 6.20. The number of pyridine rings is 1. The molecular weight excluding hydrogens is 568 g/mol. The number of aromatic nitrogens is 1. The van der Waals surface area contributed by atoms with Gasteiger partial charge in [-0.05, 0) is 68.2 Å². The highest BCUT2D eigenvalue weighted by atomic mass is 35.5. The fourth-order valence-electron chi connectivity index (χ4n) is 5.67. The van der Waals surface area contributed by atoms with Crippen molar-refractivity contribution in [1.82, 2.24) is 15.2 Å². The molecule has 3 heterocycles. The lowest BCUT2D eigenvalue weighted by Gasteiger charge is -2.40. The highest BCUT2D eigenvalue weighted by Gasteiger charge is 2.62. The molecule has 2 amide bonds. The molecule has 0 spiro atoms. The van der Waals surface area contributed by atoms with Gasteiger partial charge in [0.25, 0.3) is 17.4 Å². The third-order valence-electron chi connectivity index (χ3n) is 8.06. The molecular formula is C28H33ClF4N4O4. The minimum absolute atomic E-state index is 0.0628. The second-order valence-corrected chi connectivity index (χ2v) is 10.9. The number of ether oxygens (including phenoxy) is 1. The molecule has 2 aromatic rings. The Kier molecular flexibility index (Phi) is 9.32. The van der Waals surface area contributed by atoms with Crippen LogP contribution in [0.5, 0.6) is 5.75 Å².